The van der Waals surface area contributed by atoms with Crippen LogP contribution in [-0.4, -0.2) is 29.6 Å². The minimum atomic E-state index is -0.921. The molecule has 4 heteroatoms. The van der Waals surface area contributed by atoms with Crippen molar-refractivity contribution in [2.45, 2.75) is 39.4 Å². The van der Waals surface area contributed by atoms with Gasteiger partial charge < -0.3 is 14.7 Å². The molecule has 0 aliphatic rings. The van der Waals surface area contributed by atoms with Gasteiger partial charge in [-0.2, -0.15) is 0 Å². The summed E-state index contributed by atoms with van der Waals surface area (Å²) >= 11 is 0. The number of ether oxygens (including phenoxy) is 1. The monoisotopic (exact) mass is 265 g/mol. The molecule has 0 saturated heterocycles. The van der Waals surface area contributed by atoms with E-state index >= 15 is 0 Å². The molecule has 0 spiro atoms. The Hall–Kier alpha value is -1.39. The van der Waals surface area contributed by atoms with Gasteiger partial charge in [0.15, 0.2) is 0 Å². The molecule has 0 radical (unpaired) electrons. The largest absolute Gasteiger partial charge is 0.393 e. The quantitative estimate of drug-likeness (QED) is 0.447. The summed E-state index contributed by atoms with van der Waals surface area (Å²) in [4.78, 5) is 5.06. The second-order valence-corrected chi connectivity index (χ2v) is 5.10. The molecule has 0 aromatic heterocycles. The van der Waals surface area contributed by atoms with E-state index in [1.54, 1.807) is 6.92 Å². The van der Waals surface area contributed by atoms with Crippen LogP contribution in [0.15, 0.2) is 35.5 Å². The van der Waals surface area contributed by atoms with Gasteiger partial charge in [-0.3, -0.25) is 0 Å². The number of aliphatic hydroxyl groups is 1. The molecule has 1 atom stereocenters. The maximum Gasteiger partial charge on any atom is 0.145 e. The van der Waals surface area contributed by atoms with Gasteiger partial charge in [-0.15, -0.1) is 0 Å². The molecule has 1 rings (SSSR count). The van der Waals surface area contributed by atoms with Gasteiger partial charge in [0.2, 0.25) is 0 Å². The predicted octanol–water partition coefficient (Wildman–Crippen LogP) is 2.76. The minimum Gasteiger partial charge on any atom is -0.393 e. The van der Waals surface area contributed by atoms with Crippen molar-refractivity contribution < 1.29 is 14.7 Å². The van der Waals surface area contributed by atoms with Crippen LogP contribution in [0.5, 0.6) is 0 Å². The van der Waals surface area contributed by atoms with Crippen LogP contribution in [0.2, 0.25) is 0 Å². The molecule has 106 valence electrons. The lowest BCUT2D eigenvalue weighted by Crippen LogP contribution is -2.31. The van der Waals surface area contributed by atoms with Gasteiger partial charge in [0.05, 0.1) is 12.3 Å². The molecular weight excluding hydrogens is 242 g/mol. The van der Waals surface area contributed by atoms with E-state index in [2.05, 4.69) is 5.16 Å². The SMILES string of the molecule is CC(C)=NOC[C@@](C)(O)CCOCc1ccccc1. The number of hydrogen-bond acceptors (Lipinski definition) is 4. The van der Waals surface area contributed by atoms with Gasteiger partial charge in [-0.25, -0.2) is 0 Å². The fraction of sp³-hybridized carbons (Fsp3) is 0.533. The maximum absolute atomic E-state index is 10.1. The normalized spacial score (nSPS) is 13.7. The second-order valence-electron chi connectivity index (χ2n) is 5.10. The number of benzene rings is 1. The Labute approximate surface area is 115 Å². The van der Waals surface area contributed by atoms with Crippen LogP contribution in [0.4, 0.5) is 0 Å². The number of nitrogens with zero attached hydrogens (tertiary/aromatic N) is 1. The third kappa shape index (κ3) is 7.59. The molecule has 1 aromatic carbocycles. The number of rotatable bonds is 8. The third-order valence-corrected chi connectivity index (χ3v) is 2.52. The molecule has 4 nitrogen and oxygen atoms in total. The molecule has 0 amide bonds. The maximum atomic E-state index is 10.1. The van der Waals surface area contributed by atoms with Crippen LogP contribution in [0.1, 0.15) is 32.8 Å². The lowest BCUT2D eigenvalue weighted by Gasteiger charge is -2.21. The molecule has 0 unspecified atom stereocenters. The van der Waals surface area contributed by atoms with Crippen LogP contribution in [0.3, 0.4) is 0 Å². The van der Waals surface area contributed by atoms with Gasteiger partial charge in [0.25, 0.3) is 0 Å². The Kier molecular flexibility index (Phi) is 6.53. The van der Waals surface area contributed by atoms with Gasteiger partial charge in [0.1, 0.15) is 12.2 Å². The first kappa shape index (κ1) is 15.7. The summed E-state index contributed by atoms with van der Waals surface area (Å²) < 4.78 is 5.53. The highest BCUT2D eigenvalue weighted by Crippen LogP contribution is 2.11. The summed E-state index contributed by atoms with van der Waals surface area (Å²) in [6.45, 7) is 6.63. The van der Waals surface area contributed by atoms with Gasteiger partial charge in [-0.1, -0.05) is 35.5 Å². The van der Waals surface area contributed by atoms with Crippen molar-refractivity contribution in [2.24, 2.45) is 5.16 Å². The number of oxime groups is 1. The van der Waals surface area contributed by atoms with Crippen molar-refractivity contribution in [1.82, 2.24) is 0 Å². The van der Waals surface area contributed by atoms with Gasteiger partial charge in [-0.05, 0) is 26.3 Å². The van der Waals surface area contributed by atoms with Crippen LogP contribution < -0.4 is 0 Å². The van der Waals surface area contributed by atoms with Crippen molar-refractivity contribution in [3.63, 3.8) is 0 Å². The zero-order valence-corrected chi connectivity index (χ0v) is 11.9. The van der Waals surface area contributed by atoms with E-state index in [-0.39, 0.29) is 6.61 Å². The van der Waals surface area contributed by atoms with Crippen molar-refractivity contribution in [2.75, 3.05) is 13.2 Å². The van der Waals surface area contributed by atoms with Crippen molar-refractivity contribution >= 4 is 5.71 Å². The van der Waals surface area contributed by atoms with E-state index in [0.717, 1.165) is 11.3 Å². The molecule has 0 heterocycles. The molecule has 1 aromatic rings. The van der Waals surface area contributed by atoms with Crippen LogP contribution in [-0.2, 0) is 16.2 Å². The van der Waals surface area contributed by atoms with Crippen molar-refractivity contribution in [1.29, 1.82) is 0 Å². The van der Waals surface area contributed by atoms with Gasteiger partial charge >= 0.3 is 0 Å². The topological polar surface area (TPSA) is 51.0 Å². The summed E-state index contributed by atoms with van der Waals surface area (Å²) in [6, 6.07) is 9.96. The lowest BCUT2D eigenvalue weighted by atomic mass is 10.1. The summed E-state index contributed by atoms with van der Waals surface area (Å²) in [5, 5.41) is 13.9. The highest BCUT2D eigenvalue weighted by Gasteiger charge is 2.21. The predicted molar refractivity (Wildman–Crippen MR) is 76.1 cm³/mol. The fourth-order valence-electron chi connectivity index (χ4n) is 1.43. The Balaban J connectivity index is 2.18. The summed E-state index contributed by atoms with van der Waals surface area (Å²) in [7, 11) is 0. The average Bonchev–Trinajstić information content (AvgIpc) is 2.35. The third-order valence-electron chi connectivity index (χ3n) is 2.52. The molecule has 1 N–H and O–H groups in total. The zero-order chi connectivity index (χ0) is 14.1. The molecule has 0 aliphatic carbocycles. The van der Waals surface area contributed by atoms with Crippen molar-refractivity contribution in [3.05, 3.63) is 35.9 Å². The summed E-state index contributed by atoms with van der Waals surface area (Å²) in [5.74, 6) is 0. The fourth-order valence-corrected chi connectivity index (χ4v) is 1.43. The van der Waals surface area contributed by atoms with E-state index in [1.165, 1.54) is 0 Å². The average molecular weight is 265 g/mol. The highest BCUT2D eigenvalue weighted by atomic mass is 16.6. The lowest BCUT2D eigenvalue weighted by molar-refractivity contribution is -0.0536. The zero-order valence-electron chi connectivity index (χ0n) is 11.9. The van der Waals surface area contributed by atoms with Crippen molar-refractivity contribution in [3.8, 4) is 0 Å². The van der Waals surface area contributed by atoms with Gasteiger partial charge in [0, 0.05) is 13.0 Å². The second kappa shape index (κ2) is 7.92. The van der Waals surface area contributed by atoms with E-state index in [9.17, 15) is 5.11 Å². The first-order valence-corrected chi connectivity index (χ1v) is 6.47. The smallest absolute Gasteiger partial charge is 0.145 e. The molecule has 0 bridgehead atoms. The molecular formula is C15H23NO3. The standard InChI is InChI=1S/C15H23NO3/c1-13(2)16-19-12-15(3,17)9-10-18-11-14-7-5-4-6-8-14/h4-8,17H,9-12H2,1-3H3/t15-/m0/s1. The Bertz CT molecular complexity index is 384. The first-order chi connectivity index (χ1) is 8.99. The molecule has 19 heavy (non-hydrogen) atoms. The molecule has 0 saturated carbocycles. The molecule has 0 fully saturated rings. The van der Waals surface area contributed by atoms with E-state index in [1.807, 2.05) is 44.2 Å². The van der Waals surface area contributed by atoms with E-state index < -0.39 is 5.60 Å². The minimum absolute atomic E-state index is 0.173. The summed E-state index contributed by atoms with van der Waals surface area (Å²) in [6.07, 6.45) is 0.512. The first-order valence-electron chi connectivity index (χ1n) is 6.47. The van der Waals surface area contributed by atoms with E-state index in [4.69, 9.17) is 9.57 Å². The highest BCUT2D eigenvalue weighted by molar-refractivity contribution is 5.78. The molecule has 0 aliphatic heterocycles. The Morgan fingerprint density at radius 1 is 1.26 bits per heavy atom. The van der Waals surface area contributed by atoms with Crippen LogP contribution >= 0.6 is 0 Å². The van der Waals surface area contributed by atoms with Crippen LogP contribution in [0.25, 0.3) is 0 Å². The Morgan fingerprint density at radius 3 is 2.58 bits per heavy atom. The summed E-state index contributed by atoms with van der Waals surface area (Å²) in [5.41, 5.74) is 1.04. The van der Waals surface area contributed by atoms with Crippen LogP contribution in [0, 0.1) is 0 Å². The number of hydrogen-bond donors (Lipinski definition) is 1. The van der Waals surface area contributed by atoms with E-state index in [0.29, 0.717) is 19.6 Å². The Morgan fingerprint density at radius 2 is 1.95 bits per heavy atom.